The average molecular weight is 641 g/mol. The lowest BCUT2D eigenvalue weighted by Crippen LogP contribution is -2.65. The predicted molar refractivity (Wildman–Crippen MR) is 146 cm³/mol. The molecule has 17 heteroatoms. The van der Waals surface area contributed by atoms with Crippen LogP contribution < -0.4 is 14.9 Å². The molecule has 0 spiro atoms. The fraction of sp³-hybridized carbons (Fsp3) is 0.464. The molecular weight excluding hydrogens is 608 g/mol. The van der Waals surface area contributed by atoms with Gasteiger partial charge in [-0.2, -0.15) is 0 Å². The highest BCUT2D eigenvalue weighted by Crippen LogP contribution is 2.42. The number of hydrogen-bond donors (Lipinski definition) is 10. The van der Waals surface area contributed by atoms with E-state index in [1.807, 2.05) is 0 Å². The molecule has 0 amide bonds. The minimum absolute atomic E-state index is 0.131. The molecule has 10 atom stereocenters. The Morgan fingerprint density at radius 3 is 2.02 bits per heavy atom. The van der Waals surface area contributed by atoms with Crippen LogP contribution in [0.15, 0.2) is 39.5 Å². The van der Waals surface area contributed by atoms with Crippen LogP contribution in [0.2, 0.25) is 0 Å². The van der Waals surface area contributed by atoms with Crippen molar-refractivity contribution in [2.45, 2.75) is 61.4 Å². The molecule has 2 fully saturated rings. The standard InChI is InChI=1S/C28H32O17/c1-40-13-3-2-9(4-10(13)31)14-5-11(32)18-12(33)6-15(21(36)25(18)41-14)42-28-26(23(38)20(35)17(8-30)44-28)45-27-24(39)22(37)19(34)16(7-29)43-27/h2-6,16-17,19-20,22-24,26-31,33-39H,7-8H2,1H3/t16?,17?,19-,20-,22+,23+,24?,26?,27+,28-/m1/s1. The van der Waals surface area contributed by atoms with Crippen molar-refractivity contribution < 1.29 is 79.2 Å². The van der Waals surface area contributed by atoms with Gasteiger partial charge in [0.15, 0.2) is 40.7 Å². The summed E-state index contributed by atoms with van der Waals surface area (Å²) in [5.74, 6) is -2.41. The van der Waals surface area contributed by atoms with Gasteiger partial charge in [0, 0.05) is 17.7 Å². The molecule has 0 radical (unpaired) electrons. The van der Waals surface area contributed by atoms with Gasteiger partial charge < -0.3 is 79.2 Å². The van der Waals surface area contributed by atoms with Crippen molar-refractivity contribution in [3.8, 4) is 40.1 Å². The monoisotopic (exact) mass is 640 g/mol. The summed E-state index contributed by atoms with van der Waals surface area (Å²) < 4.78 is 32.9. The van der Waals surface area contributed by atoms with Crippen LogP contribution in [0.5, 0.6) is 28.7 Å². The number of rotatable bonds is 8. The van der Waals surface area contributed by atoms with Crippen molar-refractivity contribution in [3.63, 3.8) is 0 Å². The molecule has 3 heterocycles. The molecule has 3 aromatic rings. The van der Waals surface area contributed by atoms with Crippen molar-refractivity contribution in [2.24, 2.45) is 0 Å². The Balaban J connectivity index is 1.52. The molecule has 17 nitrogen and oxygen atoms in total. The Labute approximate surface area is 252 Å². The third-order valence-corrected chi connectivity index (χ3v) is 7.59. The van der Waals surface area contributed by atoms with Gasteiger partial charge in [0.1, 0.15) is 59.6 Å². The van der Waals surface area contributed by atoms with Crippen molar-refractivity contribution in [1.29, 1.82) is 0 Å². The summed E-state index contributed by atoms with van der Waals surface area (Å²) in [6.07, 6.45) is -17.6. The Hall–Kier alpha value is -3.75. The van der Waals surface area contributed by atoms with E-state index in [-0.39, 0.29) is 22.8 Å². The van der Waals surface area contributed by atoms with Crippen LogP contribution in [0.1, 0.15) is 0 Å². The van der Waals surface area contributed by atoms with Crippen LogP contribution >= 0.6 is 0 Å². The van der Waals surface area contributed by atoms with E-state index in [0.717, 1.165) is 12.1 Å². The molecule has 5 rings (SSSR count). The summed E-state index contributed by atoms with van der Waals surface area (Å²) >= 11 is 0. The second-order valence-corrected chi connectivity index (χ2v) is 10.4. The number of fused-ring (bicyclic) bond motifs is 1. The molecule has 246 valence electrons. The van der Waals surface area contributed by atoms with Crippen molar-refractivity contribution in [2.75, 3.05) is 20.3 Å². The van der Waals surface area contributed by atoms with Crippen LogP contribution in [0.4, 0.5) is 0 Å². The molecule has 1 aromatic heterocycles. The van der Waals surface area contributed by atoms with E-state index in [2.05, 4.69) is 0 Å². The molecule has 2 aromatic carbocycles. The second-order valence-electron chi connectivity index (χ2n) is 10.4. The SMILES string of the molecule is COc1ccc(-c2cc(=O)c3c(O)cc(O[C@@H]4OC(CO)[C@@H](O)[C@H](O)C4O[C@@H]4OC(CO)[C@@H](O)[C@H](O)C4O)c(O)c3o2)cc1O. The van der Waals surface area contributed by atoms with Gasteiger partial charge >= 0.3 is 0 Å². The van der Waals surface area contributed by atoms with E-state index in [1.165, 1.54) is 25.3 Å². The molecular formula is C28H32O17. The molecule has 0 bridgehead atoms. The van der Waals surface area contributed by atoms with Gasteiger partial charge in [0.25, 0.3) is 0 Å². The van der Waals surface area contributed by atoms with Gasteiger partial charge in [-0.3, -0.25) is 4.79 Å². The van der Waals surface area contributed by atoms with Gasteiger partial charge in [-0.1, -0.05) is 0 Å². The maximum absolute atomic E-state index is 12.9. The van der Waals surface area contributed by atoms with Gasteiger partial charge in [-0.05, 0) is 18.2 Å². The number of phenolic OH excluding ortho intramolecular Hbond substituents is 3. The van der Waals surface area contributed by atoms with Crippen LogP contribution in [0.3, 0.4) is 0 Å². The number of phenols is 3. The second kappa shape index (κ2) is 12.9. The Morgan fingerprint density at radius 2 is 1.40 bits per heavy atom. The molecule has 45 heavy (non-hydrogen) atoms. The summed E-state index contributed by atoms with van der Waals surface area (Å²) in [5.41, 5.74) is -1.13. The fourth-order valence-corrected chi connectivity index (χ4v) is 5.11. The summed E-state index contributed by atoms with van der Waals surface area (Å²) in [7, 11) is 1.34. The van der Waals surface area contributed by atoms with Crippen LogP contribution in [0.25, 0.3) is 22.3 Å². The third-order valence-electron chi connectivity index (χ3n) is 7.59. The highest BCUT2D eigenvalue weighted by atomic mass is 16.8. The maximum atomic E-state index is 12.9. The Kier molecular flexibility index (Phi) is 9.38. The van der Waals surface area contributed by atoms with E-state index in [9.17, 15) is 55.9 Å². The fourth-order valence-electron chi connectivity index (χ4n) is 5.11. The lowest BCUT2D eigenvalue weighted by molar-refractivity contribution is -0.358. The lowest BCUT2D eigenvalue weighted by atomic mass is 9.97. The largest absolute Gasteiger partial charge is 0.507 e. The summed E-state index contributed by atoms with van der Waals surface area (Å²) in [5, 5.41) is 103. The van der Waals surface area contributed by atoms with Gasteiger partial charge in [0.05, 0.1) is 20.3 Å². The van der Waals surface area contributed by atoms with E-state index in [1.54, 1.807) is 0 Å². The van der Waals surface area contributed by atoms with Crippen LogP contribution in [-0.2, 0) is 14.2 Å². The minimum atomic E-state index is -1.92. The molecule has 2 saturated heterocycles. The number of aliphatic hydroxyl groups excluding tert-OH is 7. The van der Waals surface area contributed by atoms with E-state index in [0.29, 0.717) is 0 Å². The highest BCUT2D eigenvalue weighted by molar-refractivity contribution is 5.91. The first-order chi connectivity index (χ1) is 21.4. The number of methoxy groups -OCH3 is 1. The topological polar surface area (TPSA) is 279 Å². The first-order valence-corrected chi connectivity index (χ1v) is 13.5. The highest BCUT2D eigenvalue weighted by Gasteiger charge is 2.51. The predicted octanol–water partition coefficient (Wildman–Crippen LogP) is -2.41. The smallest absolute Gasteiger partial charge is 0.229 e. The zero-order valence-corrected chi connectivity index (χ0v) is 23.4. The first-order valence-electron chi connectivity index (χ1n) is 13.5. The zero-order valence-electron chi connectivity index (χ0n) is 23.4. The molecule has 0 saturated carbocycles. The van der Waals surface area contributed by atoms with Crippen molar-refractivity contribution in [3.05, 3.63) is 40.6 Å². The zero-order chi connectivity index (χ0) is 32.7. The van der Waals surface area contributed by atoms with Crippen LogP contribution in [-0.4, -0.2) is 133 Å². The summed E-state index contributed by atoms with van der Waals surface area (Å²) in [6.45, 7) is -1.62. The Bertz CT molecular complexity index is 1570. The lowest BCUT2D eigenvalue weighted by Gasteiger charge is -2.45. The number of benzene rings is 2. The molecule has 2 aliphatic heterocycles. The maximum Gasteiger partial charge on any atom is 0.229 e. The minimum Gasteiger partial charge on any atom is -0.507 e. The van der Waals surface area contributed by atoms with E-state index >= 15 is 0 Å². The number of hydrogen-bond acceptors (Lipinski definition) is 17. The number of aliphatic hydroxyl groups is 7. The summed E-state index contributed by atoms with van der Waals surface area (Å²) in [6, 6.07) is 5.94. The third kappa shape index (κ3) is 5.98. The van der Waals surface area contributed by atoms with Gasteiger partial charge in [-0.15, -0.1) is 0 Å². The quantitative estimate of drug-likeness (QED) is 0.115. The van der Waals surface area contributed by atoms with Gasteiger partial charge in [-0.25, -0.2) is 0 Å². The average Bonchev–Trinajstić information content (AvgIpc) is 3.02. The molecule has 2 aliphatic rings. The number of aromatic hydroxyl groups is 3. The number of ether oxygens (including phenoxy) is 5. The molecule has 0 aliphatic carbocycles. The van der Waals surface area contributed by atoms with E-state index < -0.39 is 108 Å². The Morgan fingerprint density at radius 1 is 0.756 bits per heavy atom. The molecule has 4 unspecified atom stereocenters. The normalized spacial score (nSPS) is 32.0. The first kappa shape index (κ1) is 32.6. The van der Waals surface area contributed by atoms with E-state index in [4.69, 9.17) is 28.1 Å². The van der Waals surface area contributed by atoms with Crippen molar-refractivity contribution in [1.82, 2.24) is 0 Å². The van der Waals surface area contributed by atoms with Gasteiger partial charge in [0.2, 0.25) is 12.0 Å². The van der Waals surface area contributed by atoms with Crippen LogP contribution in [0, 0.1) is 0 Å². The summed E-state index contributed by atoms with van der Waals surface area (Å²) in [4.78, 5) is 12.9. The van der Waals surface area contributed by atoms with Crippen molar-refractivity contribution >= 4 is 11.0 Å². The molecule has 10 N–H and O–H groups in total.